The van der Waals surface area contributed by atoms with Gasteiger partial charge in [0.2, 0.25) is 5.13 Å². The average Bonchev–Trinajstić information content (AvgIpc) is 3.11. The standard InChI is InChI=1S/C20H20N4O2S/c1-3-7-17-23-24-20(27-17)22-19(26)15-11-10-13(2)16(12-15)21-18(25)14-8-5-4-6-9-14/h4-6,8-12H,3,7H2,1-2H3,(H,21,25)(H,22,24,26). The molecule has 3 rings (SSSR count). The Hall–Kier alpha value is -3.06. The second-order valence-electron chi connectivity index (χ2n) is 6.05. The second kappa shape index (κ2) is 8.55. The summed E-state index contributed by atoms with van der Waals surface area (Å²) in [5, 5.41) is 15.0. The minimum absolute atomic E-state index is 0.218. The van der Waals surface area contributed by atoms with E-state index in [1.165, 1.54) is 11.3 Å². The second-order valence-corrected chi connectivity index (χ2v) is 7.12. The highest BCUT2D eigenvalue weighted by atomic mass is 32.1. The predicted octanol–water partition coefficient (Wildman–Crippen LogP) is 4.30. The highest BCUT2D eigenvalue weighted by Gasteiger charge is 2.13. The van der Waals surface area contributed by atoms with E-state index in [2.05, 4.69) is 27.8 Å². The number of carbonyl (C=O) groups is 2. The summed E-state index contributed by atoms with van der Waals surface area (Å²) in [7, 11) is 0. The molecular formula is C20H20N4O2S. The molecule has 0 atom stereocenters. The molecule has 0 saturated carbocycles. The van der Waals surface area contributed by atoms with Gasteiger partial charge in [0, 0.05) is 23.2 Å². The first-order chi connectivity index (χ1) is 13.1. The van der Waals surface area contributed by atoms with Gasteiger partial charge in [-0.15, -0.1) is 10.2 Å². The van der Waals surface area contributed by atoms with Crippen LogP contribution in [0.5, 0.6) is 0 Å². The number of nitrogens with zero attached hydrogens (tertiary/aromatic N) is 2. The molecule has 1 aromatic heterocycles. The number of rotatable bonds is 6. The zero-order valence-electron chi connectivity index (χ0n) is 15.2. The maximum absolute atomic E-state index is 12.5. The van der Waals surface area contributed by atoms with Crippen LogP contribution < -0.4 is 10.6 Å². The van der Waals surface area contributed by atoms with Crippen molar-refractivity contribution in [2.45, 2.75) is 26.7 Å². The number of benzene rings is 2. The van der Waals surface area contributed by atoms with Gasteiger partial charge in [0.15, 0.2) is 0 Å². The molecular weight excluding hydrogens is 360 g/mol. The first-order valence-corrected chi connectivity index (χ1v) is 9.49. The topological polar surface area (TPSA) is 84.0 Å². The van der Waals surface area contributed by atoms with Gasteiger partial charge in [-0.25, -0.2) is 0 Å². The summed E-state index contributed by atoms with van der Waals surface area (Å²) in [5.41, 5.74) is 2.47. The Morgan fingerprint density at radius 3 is 2.44 bits per heavy atom. The Morgan fingerprint density at radius 2 is 1.70 bits per heavy atom. The lowest BCUT2D eigenvalue weighted by molar-refractivity contribution is 0.101. The first-order valence-electron chi connectivity index (χ1n) is 8.67. The Balaban J connectivity index is 1.73. The molecule has 0 radical (unpaired) electrons. The molecule has 0 aliphatic rings. The van der Waals surface area contributed by atoms with Gasteiger partial charge in [-0.1, -0.05) is 42.5 Å². The Bertz CT molecular complexity index is 954. The van der Waals surface area contributed by atoms with Crippen LogP contribution in [0.15, 0.2) is 48.5 Å². The van der Waals surface area contributed by atoms with Crippen molar-refractivity contribution >= 4 is 34.0 Å². The van der Waals surface area contributed by atoms with Crippen molar-refractivity contribution in [2.75, 3.05) is 10.6 Å². The summed E-state index contributed by atoms with van der Waals surface area (Å²) in [6, 6.07) is 14.1. The van der Waals surface area contributed by atoms with Crippen LogP contribution in [0.25, 0.3) is 0 Å². The third-order valence-corrected chi connectivity index (χ3v) is 4.83. The van der Waals surface area contributed by atoms with Gasteiger partial charge in [-0.05, 0) is 43.2 Å². The Labute approximate surface area is 161 Å². The number of carbonyl (C=O) groups excluding carboxylic acids is 2. The van der Waals surface area contributed by atoms with Crippen molar-refractivity contribution in [3.05, 3.63) is 70.2 Å². The number of aromatic nitrogens is 2. The predicted molar refractivity (Wildman–Crippen MR) is 107 cm³/mol. The van der Waals surface area contributed by atoms with E-state index in [4.69, 9.17) is 0 Å². The summed E-state index contributed by atoms with van der Waals surface area (Å²) in [6.07, 6.45) is 1.82. The summed E-state index contributed by atoms with van der Waals surface area (Å²) in [6.45, 7) is 3.95. The molecule has 0 fully saturated rings. The van der Waals surface area contributed by atoms with Crippen molar-refractivity contribution in [2.24, 2.45) is 0 Å². The third-order valence-electron chi connectivity index (χ3n) is 3.94. The molecule has 138 valence electrons. The molecule has 0 aliphatic carbocycles. The van der Waals surface area contributed by atoms with Crippen molar-refractivity contribution < 1.29 is 9.59 Å². The maximum Gasteiger partial charge on any atom is 0.257 e. The highest BCUT2D eigenvalue weighted by molar-refractivity contribution is 7.15. The lowest BCUT2D eigenvalue weighted by Gasteiger charge is -2.10. The molecule has 0 aliphatic heterocycles. The molecule has 0 unspecified atom stereocenters. The average molecular weight is 380 g/mol. The van der Waals surface area contributed by atoms with E-state index in [0.717, 1.165) is 23.4 Å². The molecule has 0 bridgehead atoms. The summed E-state index contributed by atoms with van der Waals surface area (Å²) in [5.74, 6) is -0.506. The van der Waals surface area contributed by atoms with E-state index in [0.29, 0.717) is 21.9 Å². The van der Waals surface area contributed by atoms with Crippen LogP contribution in [-0.4, -0.2) is 22.0 Å². The SMILES string of the molecule is CCCc1nnc(NC(=O)c2ccc(C)c(NC(=O)c3ccccc3)c2)s1. The van der Waals surface area contributed by atoms with E-state index in [1.54, 1.807) is 42.5 Å². The van der Waals surface area contributed by atoms with Crippen LogP contribution in [0.3, 0.4) is 0 Å². The molecule has 2 aromatic carbocycles. The van der Waals surface area contributed by atoms with Crippen LogP contribution in [0.2, 0.25) is 0 Å². The van der Waals surface area contributed by atoms with Crippen molar-refractivity contribution in [3.8, 4) is 0 Å². The lowest BCUT2D eigenvalue weighted by atomic mass is 10.1. The van der Waals surface area contributed by atoms with Crippen LogP contribution in [-0.2, 0) is 6.42 Å². The monoisotopic (exact) mass is 380 g/mol. The van der Waals surface area contributed by atoms with Crippen molar-refractivity contribution in [1.29, 1.82) is 0 Å². The molecule has 6 nitrogen and oxygen atoms in total. The fourth-order valence-electron chi connectivity index (χ4n) is 2.47. The van der Waals surface area contributed by atoms with Gasteiger partial charge in [-0.3, -0.25) is 14.9 Å². The number of nitrogens with one attached hydrogen (secondary N) is 2. The van der Waals surface area contributed by atoms with Gasteiger partial charge in [0.1, 0.15) is 5.01 Å². The summed E-state index contributed by atoms with van der Waals surface area (Å²) >= 11 is 1.37. The van der Waals surface area contributed by atoms with E-state index in [-0.39, 0.29) is 11.8 Å². The van der Waals surface area contributed by atoms with Gasteiger partial charge in [-0.2, -0.15) is 0 Å². The van der Waals surface area contributed by atoms with Gasteiger partial charge >= 0.3 is 0 Å². The van der Waals surface area contributed by atoms with Gasteiger partial charge in [0.05, 0.1) is 0 Å². The highest BCUT2D eigenvalue weighted by Crippen LogP contribution is 2.21. The van der Waals surface area contributed by atoms with Crippen LogP contribution in [0, 0.1) is 6.92 Å². The van der Waals surface area contributed by atoms with Crippen LogP contribution in [0.1, 0.15) is 44.6 Å². The third kappa shape index (κ3) is 4.77. The zero-order valence-corrected chi connectivity index (χ0v) is 16.0. The molecule has 7 heteroatoms. The fraction of sp³-hybridized carbons (Fsp3) is 0.200. The first kappa shape index (κ1) is 18.7. The maximum atomic E-state index is 12.5. The van der Waals surface area contributed by atoms with Crippen molar-refractivity contribution in [3.63, 3.8) is 0 Å². The normalized spacial score (nSPS) is 10.4. The summed E-state index contributed by atoms with van der Waals surface area (Å²) in [4.78, 5) is 24.9. The lowest BCUT2D eigenvalue weighted by Crippen LogP contribution is -2.15. The number of anilines is 2. The number of hydrogen-bond donors (Lipinski definition) is 2. The quantitative estimate of drug-likeness (QED) is 0.668. The largest absolute Gasteiger partial charge is 0.322 e. The van der Waals surface area contributed by atoms with Crippen LogP contribution >= 0.6 is 11.3 Å². The minimum atomic E-state index is -0.288. The molecule has 3 aromatic rings. The van der Waals surface area contributed by atoms with Gasteiger partial charge < -0.3 is 5.32 Å². The molecule has 2 N–H and O–H groups in total. The molecule has 0 saturated heterocycles. The Morgan fingerprint density at radius 1 is 0.963 bits per heavy atom. The Kier molecular flexibility index (Phi) is 5.93. The van der Waals surface area contributed by atoms with E-state index < -0.39 is 0 Å². The number of amides is 2. The smallest absolute Gasteiger partial charge is 0.257 e. The van der Waals surface area contributed by atoms with E-state index in [9.17, 15) is 9.59 Å². The van der Waals surface area contributed by atoms with Gasteiger partial charge in [0.25, 0.3) is 11.8 Å². The zero-order chi connectivity index (χ0) is 19.2. The molecule has 2 amide bonds. The van der Waals surface area contributed by atoms with E-state index in [1.807, 2.05) is 13.0 Å². The van der Waals surface area contributed by atoms with E-state index >= 15 is 0 Å². The van der Waals surface area contributed by atoms with Crippen molar-refractivity contribution in [1.82, 2.24) is 10.2 Å². The summed E-state index contributed by atoms with van der Waals surface area (Å²) < 4.78 is 0. The fourth-order valence-corrected chi connectivity index (χ4v) is 3.31. The number of aryl methyl sites for hydroxylation is 2. The molecule has 27 heavy (non-hydrogen) atoms. The number of hydrogen-bond acceptors (Lipinski definition) is 5. The minimum Gasteiger partial charge on any atom is -0.322 e. The molecule has 1 heterocycles. The van der Waals surface area contributed by atoms with Crippen LogP contribution in [0.4, 0.5) is 10.8 Å². The molecule has 0 spiro atoms.